The number of aldehydes is 1. The SMILES string of the molecule is COc1cc(SC)ccc1CCC=O. The Hall–Kier alpha value is -0.960. The zero-order chi connectivity index (χ0) is 10.4. The number of hydrogen-bond acceptors (Lipinski definition) is 3. The molecule has 0 amide bonds. The lowest BCUT2D eigenvalue weighted by molar-refractivity contribution is -0.107. The van der Waals surface area contributed by atoms with Gasteiger partial charge in [-0.2, -0.15) is 0 Å². The van der Waals surface area contributed by atoms with Gasteiger partial charge in [-0.15, -0.1) is 11.8 Å². The highest BCUT2D eigenvalue weighted by Crippen LogP contribution is 2.25. The second kappa shape index (κ2) is 5.70. The van der Waals surface area contributed by atoms with Crippen molar-refractivity contribution in [2.24, 2.45) is 0 Å². The van der Waals surface area contributed by atoms with Crippen molar-refractivity contribution in [2.75, 3.05) is 13.4 Å². The van der Waals surface area contributed by atoms with Crippen LogP contribution in [0.1, 0.15) is 12.0 Å². The summed E-state index contributed by atoms with van der Waals surface area (Å²) in [7, 11) is 1.66. The van der Waals surface area contributed by atoms with Crippen LogP contribution in [0.25, 0.3) is 0 Å². The summed E-state index contributed by atoms with van der Waals surface area (Å²) in [5.41, 5.74) is 1.09. The summed E-state index contributed by atoms with van der Waals surface area (Å²) in [4.78, 5) is 11.4. The average molecular weight is 210 g/mol. The lowest BCUT2D eigenvalue weighted by Gasteiger charge is -2.08. The number of benzene rings is 1. The Balaban J connectivity index is 2.87. The van der Waals surface area contributed by atoms with Crippen molar-refractivity contribution in [3.8, 4) is 5.75 Å². The van der Waals surface area contributed by atoms with Crippen LogP contribution < -0.4 is 4.74 Å². The molecule has 2 nitrogen and oxygen atoms in total. The molecule has 3 heteroatoms. The molecular formula is C11H14O2S. The van der Waals surface area contributed by atoms with E-state index in [1.54, 1.807) is 18.9 Å². The molecule has 0 fully saturated rings. The molecule has 0 aliphatic heterocycles. The predicted octanol–water partition coefficient (Wildman–Crippen LogP) is 2.55. The number of methoxy groups -OCH3 is 1. The molecular weight excluding hydrogens is 196 g/mol. The van der Waals surface area contributed by atoms with E-state index in [4.69, 9.17) is 4.74 Å². The van der Waals surface area contributed by atoms with E-state index in [9.17, 15) is 4.79 Å². The second-order valence-electron chi connectivity index (χ2n) is 2.88. The third-order valence-electron chi connectivity index (χ3n) is 2.03. The van der Waals surface area contributed by atoms with Gasteiger partial charge in [0, 0.05) is 11.3 Å². The smallest absolute Gasteiger partial charge is 0.123 e. The van der Waals surface area contributed by atoms with E-state index < -0.39 is 0 Å². The lowest BCUT2D eigenvalue weighted by Crippen LogP contribution is -1.93. The Bertz CT molecular complexity index is 310. The van der Waals surface area contributed by atoms with E-state index >= 15 is 0 Å². The molecule has 0 bridgehead atoms. The van der Waals surface area contributed by atoms with E-state index in [2.05, 4.69) is 0 Å². The maximum Gasteiger partial charge on any atom is 0.123 e. The first-order valence-electron chi connectivity index (χ1n) is 4.46. The van der Waals surface area contributed by atoms with Crippen molar-refractivity contribution < 1.29 is 9.53 Å². The third kappa shape index (κ3) is 2.77. The summed E-state index contributed by atoms with van der Waals surface area (Å²) in [6.07, 6.45) is 4.26. The van der Waals surface area contributed by atoms with Gasteiger partial charge in [-0.1, -0.05) is 6.07 Å². The third-order valence-corrected chi connectivity index (χ3v) is 2.75. The van der Waals surface area contributed by atoms with E-state index in [-0.39, 0.29) is 0 Å². The molecule has 1 aromatic carbocycles. The van der Waals surface area contributed by atoms with Crippen molar-refractivity contribution in [2.45, 2.75) is 17.7 Å². The van der Waals surface area contributed by atoms with Crippen LogP contribution in [-0.4, -0.2) is 19.7 Å². The number of hydrogen-bond donors (Lipinski definition) is 0. The highest BCUT2D eigenvalue weighted by molar-refractivity contribution is 7.98. The molecule has 1 rings (SSSR count). The molecule has 0 heterocycles. The van der Waals surface area contributed by atoms with Gasteiger partial charge < -0.3 is 9.53 Å². The topological polar surface area (TPSA) is 26.3 Å². The Morgan fingerprint density at radius 2 is 2.29 bits per heavy atom. The molecule has 0 saturated heterocycles. The monoisotopic (exact) mass is 210 g/mol. The van der Waals surface area contributed by atoms with Crippen molar-refractivity contribution >= 4 is 18.0 Å². The predicted molar refractivity (Wildman–Crippen MR) is 59.2 cm³/mol. The fraction of sp³-hybridized carbons (Fsp3) is 0.364. The van der Waals surface area contributed by atoms with Crippen molar-refractivity contribution in [1.82, 2.24) is 0 Å². The van der Waals surface area contributed by atoms with E-state index in [1.807, 2.05) is 24.5 Å². The summed E-state index contributed by atoms with van der Waals surface area (Å²) in [6, 6.07) is 6.08. The van der Waals surface area contributed by atoms with Gasteiger partial charge in [-0.05, 0) is 30.4 Å². The minimum absolute atomic E-state index is 0.551. The molecule has 0 unspecified atom stereocenters. The summed E-state index contributed by atoms with van der Waals surface area (Å²) in [5, 5.41) is 0. The molecule has 0 aliphatic carbocycles. The molecule has 0 saturated carbocycles. The van der Waals surface area contributed by atoms with Crippen LogP contribution in [0, 0.1) is 0 Å². The van der Waals surface area contributed by atoms with Crippen molar-refractivity contribution in [3.63, 3.8) is 0 Å². The van der Waals surface area contributed by atoms with Gasteiger partial charge in [-0.3, -0.25) is 0 Å². The number of rotatable bonds is 5. The Morgan fingerprint density at radius 3 is 2.86 bits per heavy atom. The normalized spacial score (nSPS) is 9.86. The Labute approximate surface area is 88.7 Å². The summed E-state index contributed by atoms with van der Waals surface area (Å²) in [6.45, 7) is 0. The highest BCUT2D eigenvalue weighted by Gasteiger charge is 2.03. The first kappa shape index (κ1) is 11.1. The van der Waals surface area contributed by atoms with Crippen molar-refractivity contribution in [3.05, 3.63) is 23.8 Å². The molecule has 0 radical (unpaired) electrons. The molecule has 0 spiro atoms. The molecule has 0 aliphatic rings. The number of thioether (sulfide) groups is 1. The number of aryl methyl sites for hydroxylation is 1. The molecule has 0 atom stereocenters. The van der Waals surface area contributed by atoms with E-state index in [0.29, 0.717) is 6.42 Å². The largest absolute Gasteiger partial charge is 0.496 e. The minimum atomic E-state index is 0.551. The Kier molecular flexibility index (Phi) is 4.53. The van der Waals surface area contributed by atoms with Crippen LogP contribution >= 0.6 is 11.8 Å². The molecule has 76 valence electrons. The fourth-order valence-corrected chi connectivity index (χ4v) is 1.70. The molecule has 14 heavy (non-hydrogen) atoms. The first-order valence-corrected chi connectivity index (χ1v) is 5.69. The maximum absolute atomic E-state index is 10.3. The van der Waals surface area contributed by atoms with Gasteiger partial charge >= 0.3 is 0 Å². The summed E-state index contributed by atoms with van der Waals surface area (Å²) in [5.74, 6) is 0.874. The van der Waals surface area contributed by atoms with E-state index in [0.717, 1.165) is 24.0 Å². The number of ether oxygens (including phenoxy) is 1. The average Bonchev–Trinajstić information content (AvgIpc) is 2.26. The van der Waals surface area contributed by atoms with Crippen LogP contribution in [0.3, 0.4) is 0 Å². The first-order chi connectivity index (χ1) is 6.81. The molecule has 1 aromatic rings. The van der Waals surface area contributed by atoms with Crippen LogP contribution in [0.5, 0.6) is 5.75 Å². The van der Waals surface area contributed by atoms with Gasteiger partial charge in [0.05, 0.1) is 7.11 Å². The maximum atomic E-state index is 10.3. The van der Waals surface area contributed by atoms with Crippen LogP contribution in [0.4, 0.5) is 0 Å². The summed E-state index contributed by atoms with van der Waals surface area (Å²) < 4.78 is 5.26. The quantitative estimate of drug-likeness (QED) is 0.552. The van der Waals surface area contributed by atoms with Crippen molar-refractivity contribution in [1.29, 1.82) is 0 Å². The van der Waals surface area contributed by atoms with Crippen LogP contribution in [0.15, 0.2) is 23.1 Å². The highest BCUT2D eigenvalue weighted by atomic mass is 32.2. The standard InChI is InChI=1S/C11H14O2S/c1-13-11-8-10(14-2)6-5-9(11)4-3-7-12/h5-8H,3-4H2,1-2H3. The van der Waals surface area contributed by atoms with Gasteiger partial charge in [0.15, 0.2) is 0 Å². The second-order valence-corrected chi connectivity index (χ2v) is 3.76. The van der Waals surface area contributed by atoms with Gasteiger partial charge in [0.1, 0.15) is 12.0 Å². The summed E-state index contributed by atoms with van der Waals surface area (Å²) >= 11 is 1.68. The lowest BCUT2D eigenvalue weighted by atomic mass is 10.1. The van der Waals surface area contributed by atoms with Crippen LogP contribution in [0.2, 0.25) is 0 Å². The van der Waals surface area contributed by atoms with E-state index in [1.165, 1.54) is 4.90 Å². The number of carbonyl (C=O) groups is 1. The van der Waals surface area contributed by atoms with Gasteiger partial charge in [0.25, 0.3) is 0 Å². The Morgan fingerprint density at radius 1 is 1.50 bits per heavy atom. The zero-order valence-electron chi connectivity index (χ0n) is 8.45. The fourth-order valence-electron chi connectivity index (χ4n) is 1.27. The van der Waals surface area contributed by atoms with Crippen LogP contribution in [-0.2, 0) is 11.2 Å². The zero-order valence-corrected chi connectivity index (χ0v) is 9.26. The number of carbonyl (C=O) groups excluding carboxylic acids is 1. The van der Waals surface area contributed by atoms with Gasteiger partial charge in [-0.25, -0.2) is 0 Å². The van der Waals surface area contributed by atoms with Gasteiger partial charge in [0.2, 0.25) is 0 Å². The minimum Gasteiger partial charge on any atom is -0.496 e. The molecule has 0 aromatic heterocycles. The molecule has 0 N–H and O–H groups in total.